The van der Waals surface area contributed by atoms with Gasteiger partial charge in [0.2, 0.25) is 0 Å². The number of benzene rings is 1. The number of nitrogens with one attached hydrogen (secondary N) is 1. The number of aryl methyl sites for hydroxylation is 1. The maximum Gasteiger partial charge on any atom is 0.264 e. The van der Waals surface area contributed by atoms with Crippen molar-refractivity contribution in [2.75, 3.05) is 0 Å². The SMILES string of the molecule is Cc1ccc(S(=O)(=O)NC(=O)[C@@H](C)Cl)cc1. The van der Waals surface area contributed by atoms with E-state index in [1.807, 2.05) is 11.6 Å². The quantitative estimate of drug-likeness (QED) is 0.837. The fourth-order valence-corrected chi connectivity index (χ4v) is 2.16. The van der Waals surface area contributed by atoms with Gasteiger partial charge in [-0.2, -0.15) is 0 Å². The number of carbonyl (C=O) groups is 1. The molecule has 1 aromatic rings. The van der Waals surface area contributed by atoms with Crippen LogP contribution in [0, 0.1) is 6.92 Å². The average Bonchev–Trinajstić information content (AvgIpc) is 2.17. The number of alkyl halides is 1. The van der Waals surface area contributed by atoms with Crippen LogP contribution in [-0.4, -0.2) is 19.7 Å². The first-order chi connectivity index (χ1) is 7.33. The fourth-order valence-electron chi connectivity index (χ4n) is 0.990. The molecule has 0 saturated heterocycles. The zero-order chi connectivity index (χ0) is 12.3. The van der Waals surface area contributed by atoms with Gasteiger partial charge >= 0.3 is 0 Å². The van der Waals surface area contributed by atoms with Gasteiger partial charge < -0.3 is 0 Å². The van der Waals surface area contributed by atoms with Crippen molar-refractivity contribution in [2.45, 2.75) is 24.1 Å². The normalized spacial score (nSPS) is 13.2. The summed E-state index contributed by atoms with van der Waals surface area (Å²) in [5.41, 5.74) is 0.941. The van der Waals surface area contributed by atoms with E-state index in [1.165, 1.54) is 19.1 Å². The van der Waals surface area contributed by atoms with E-state index in [4.69, 9.17) is 11.6 Å². The Hall–Kier alpha value is -1.07. The third-order valence-corrected chi connectivity index (χ3v) is 3.49. The van der Waals surface area contributed by atoms with Crippen LogP contribution in [0.2, 0.25) is 0 Å². The summed E-state index contributed by atoms with van der Waals surface area (Å²) in [5, 5.41) is -0.889. The molecule has 4 nitrogen and oxygen atoms in total. The standard InChI is InChI=1S/C10H12ClNO3S/c1-7-3-5-9(6-4-7)16(14,15)12-10(13)8(2)11/h3-6,8H,1-2H3,(H,12,13)/t8-/m1/s1. The van der Waals surface area contributed by atoms with Crippen LogP contribution in [0.5, 0.6) is 0 Å². The number of sulfonamides is 1. The zero-order valence-electron chi connectivity index (χ0n) is 8.90. The van der Waals surface area contributed by atoms with E-state index >= 15 is 0 Å². The lowest BCUT2D eigenvalue weighted by Gasteiger charge is -2.07. The Morgan fingerprint density at radius 2 is 1.81 bits per heavy atom. The maximum absolute atomic E-state index is 11.7. The minimum absolute atomic E-state index is 0.0452. The van der Waals surface area contributed by atoms with Gasteiger partial charge in [0.1, 0.15) is 5.38 Å². The minimum Gasteiger partial charge on any atom is -0.272 e. The van der Waals surface area contributed by atoms with Crippen molar-refractivity contribution >= 4 is 27.5 Å². The van der Waals surface area contributed by atoms with Crippen molar-refractivity contribution in [3.05, 3.63) is 29.8 Å². The molecule has 0 heterocycles. The summed E-state index contributed by atoms with van der Waals surface area (Å²) in [4.78, 5) is 11.2. The molecule has 1 amide bonds. The van der Waals surface area contributed by atoms with E-state index in [0.29, 0.717) is 0 Å². The van der Waals surface area contributed by atoms with Crippen LogP contribution < -0.4 is 4.72 Å². The second kappa shape index (κ2) is 4.84. The Morgan fingerprint density at radius 1 is 1.31 bits per heavy atom. The third kappa shape index (κ3) is 3.21. The molecule has 0 spiro atoms. The van der Waals surface area contributed by atoms with Crippen LogP contribution in [0.4, 0.5) is 0 Å². The van der Waals surface area contributed by atoms with Crippen LogP contribution >= 0.6 is 11.6 Å². The molecule has 1 N–H and O–H groups in total. The summed E-state index contributed by atoms with van der Waals surface area (Å²) in [5.74, 6) is -0.734. The summed E-state index contributed by atoms with van der Waals surface area (Å²) in [7, 11) is -3.81. The Balaban J connectivity index is 2.95. The van der Waals surface area contributed by atoms with Gasteiger partial charge in [-0.3, -0.25) is 4.79 Å². The van der Waals surface area contributed by atoms with E-state index in [9.17, 15) is 13.2 Å². The average molecular weight is 262 g/mol. The van der Waals surface area contributed by atoms with E-state index in [0.717, 1.165) is 5.56 Å². The molecule has 1 aromatic carbocycles. The van der Waals surface area contributed by atoms with Crippen LogP contribution in [0.3, 0.4) is 0 Å². The summed E-state index contributed by atoms with van der Waals surface area (Å²) >= 11 is 5.47. The van der Waals surface area contributed by atoms with E-state index in [1.54, 1.807) is 12.1 Å². The lowest BCUT2D eigenvalue weighted by Crippen LogP contribution is -2.35. The highest BCUT2D eigenvalue weighted by molar-refractivity contribution is 7.90. The van der Waals surface area contributed by atoms with E-state index in [-0.39, 0.29) is 4.90 Å². The van der Waals surface area contributed by atoms with E-state index < -0.39 is 21.3 Å². The van der Waals surface area contributed by atoms with Crippen LogP contribution in [0.1, 0.15) is 12.5 Å². The molecule has 0 aliphatic heterocycles. The van der Waals surface area contributed by atoms with Crippen molar-refractivity contribution in [3.8, 4) is 0 Å². The fraction of sp³-hybridized carbons (Fsp3) is 0.300. The maximum atomic E-state index is 11.7. The molecular formula is C10H12ClNO3S. The lowest BCUT2D eigenvalue weighted by molar-refractivity contribution is -0.118. The number of carbonyl (C=O) groups excluding carboxylic acids is 1. The minimum atomic E-state index is -3.81. The molecule has 0 aliphatic rings. The largest absolute Gasteiger partial charge is 0.272 e. The highest BCUT2D eigenvalue weighted by Gasteiger charge is 2.19. The molecule has 0 unspecified atom stereocenters. The molecule has 0 radical (unpaired) electrons. The molecule has 6 heteroatoms. The van der Waals surface area contributed by atoms with Crippen molar-refractivity contribution in [3.63, 3.8) is 0 Å². The Labute approximate surface area is 99.7 Å². The second-order valence-electron chi connectivity index (χ2n) is 3.40. The van der Waals surface area contributed by atoms with E-state index in [2.05, 4.69) is 0 Å². The van der Waals surface area contributed by atoms with Crippen LogP contribution in [0.25, 0.3) is 0 Å². The van der Waals surface area contributed by atoms with Crippen molar-refractivity contribution in [1.29, 1.82) is 0 Å². The molecule has 1 rings (SSSR count). The Bertz CT molecular complexity index is 479. The first-order valence-electron chi connectivity index (χ1n) is 4.60. The van der Waals surface area contributed by atoms with Gasteiger partial charge in [0.05, 0.1) is 4.90 Å². The molecule has 1 atom stereocenters. The smallest absolute Gasteiger partial charge is 0.264 e. The number of hydrogen-bond acceptors (Lipinski definition) is 3. The monoisotopic (exact) mass is 261 g/mol. The van der Waals surface area contributed by atoms with Gasteiger partial charge in [-0.25, -0.2) is 13.1 Å². The summed E-state index contributed by atoms with van der Waals surface area (Å²) in [6, 6.07) is 6.18. The first-order valence-corrected chi connectivity index (χ1v) is 6.52. The molecule has 0 bridgehead atoms. The summed E-state index contributed by atoms with van der Waals surface area (Å²) in [6.45, 7) is 3.25. The van der Waals surface area contributed by atoms with Gasteiger partial charge in [-0.1, -0.05) is 17.7 Å². The summed E-state index contributed by atoms with van der Waals surface area (Å²) < 4.78 is 25.2. The van der Waals surface area contributed by atoms with Crippen molar-refractivity contribution in [1.82, 2.24) is 4.72 Å². The molecule has 0 aliphatic carbocycles. The predicted octanol–water partition coefficient (Wildman–Crippen LogP) is 1.43. The van der Waals surface area contributed by atoms with Crippen molar-refractivity contribution < 1.29 is 13.2 Å². The van der Waals surface area contributed by atoms with Gasteiger partial charge in [0, 0.05) is 0 Å². The highest BCUT2D eigenvalue weighted by Crippen LogP contribution is 2.10. The third-order valence-electron chi connectivity index (χ3n) is 1.93. The number of halogens is 1. The Morgan fingerprint density at radius 3 is 2.25 bits per heavy atom. The van der Waals surface area contributed by atoms with Gasteiger partial charge in [-0.15, -0.1) is 11.6 Å². The predicted molar refractivity (Wildman–Crippen MR) is 61.8 cm³/mol. The highest BCUT2D eigenvalue weighted by atomic mass is 35.5. The van der Waals surface area contributed by atoms with Crippen LogP contribution in [-0.2, 0) is 14.8 Å². The van der Waals surface area contributed by atoms with Gasteiger partial charge in [0.25, 0.3) is 15.9 Å². The number of hydrogen-bond donors (Lipinski definition) is 1. The molecular weight excluding hydrogens is 250 g/mol. The second-order valence-corrected chi connectivity index (χ2v) is 5.74. The first kappa shape index (κ1) is 13.0. The molecule has 0 saturated carbocycles. The van der Waals surface area contributed by atoms with Gasteiger partial charge in [0.15, 0.2) is 0 Å². The van der Waals surface area contributed by atoms with Gasteiger partial charge in [-0.05, 0) is 26.0 Å². The zero-order valence-corrected chi connectivity index (χ0v) is 10.5. The molecule has 0 fully saturated rings. The Kier molecular flexibility index (Phi) is 3.93. The molecule has 0 aromatic heterocycles. The van der Waals surface area contributed by atoms with Crippen LogP contribution in [0.15, 0.2) is 29.2 Å². The summed E-state index contributed by atoms with van der Waals surface area (Å²) in [6.07, 6.45) is 0. The molecule has 88 valence electrons. The van der Waals surface area contributed by atoms with Crippen molar-refractivity contribution in [2.24, 2.45) is 0 Å². The number of amides is 1. The lowest BCUT2D eigenvalue weighted by atomic mass is 10.2. The topological polar surface area (TPSA) is 63.2 Å². The number of rotatable bonds is 3. The molecule has 16 heavy (non-hydrogen) atoms.